The molecule has 0 aliphatic carbocycles. The van der Waals surface area contributed by atoms with Crippen molar-refractivity contribution in [3.63, 3.8) is 0 Å². The van der Waals surface area contributed by atoms with E-state index in [1.54, 1.807) is 18.3 Å². The molecule has 1 aliphatic heterocycles. The van der Waals surface area contributed by atoms with Crippen LogP contribution in [-0.4, -0.2) is 24.2 Å². The minimum absolute atomic E-state index is 0.378. The zero-order chi connectivity index (χ0) is 9.97. The highest BCUT2D eigenvalue weighted by Gasteiger charge is 2.23. The Balaban J connectivity index is 2.29. The molecular formula is C9H9ClN2O2. The van der Waals surface area contributed by atoms with Crippen molar-refractivity contribution in [2.75, 3.05) is 18.1 Å². The number of amides is 1. The van der Waals surface area contributed by atoms with Gasteiger partial charge in [-0.3, -0.25) is 4.90 Å². The zero-order valence-corrected chi connectivity index (χ0v) is 8.20. The van der Waals surface area contributed by atoms with Gasteiger partial charge in [-0.15, -0.1) is 0 Å². The van der Waals surface area contributed by atoms with Crippen LogP contribution >= 0.6 is 11.6 Å². The summed E-state index contributed by atoms with van der Waals surface area (Å²) in [5.41, 5.74) is 0. The van der Waals surface area contributed by atoms with Gasteiger partial charge >= 0.3 is 6.09 Å². The molecule has 0 atom stereocenters. The molecule has 1 aliphatic rings. The number of anilines is 1. The zero-order valence-electron chi connectivity index (χ0n) is 7.44. The summed E-state index contributed by atoms with van der Waals surface area (Å²) in [6.07, 6.45) is 2.03. The highest BCUT2D eigenvalue weighted by Crippen LogP contribution is 2.24. The van der Waals surface area contributed by atoms with Crippen molar-refractivity contribution in [3.05, 3.63) is 23.4 Å². The van der Waals surface area contributed by atoms with Crippen molar-refractivity contribution in [2.45, 2.75) is 6.42 Å². The third kappa shape index (κ3) is 1.65. The number of carbonyl (C=O) groups is 1. The number of halogens is 1. The number of pyridine rings is 1. The number of cyclic esters (lactones) is 1. The number of aromatic nitrogens is 1. The molecular weight excluding hydrogens is 204 g/mol. The molecule has 0 unspecified atom stereocenters. The topological polar surface area (TPSA) is 42.4 Å². The van der Waals surface area contributed by atoms with E-state index < -0.39 is 0 Å². The van der Waals surface area contributed by atoms with Crippen molar-refractivity contribution in [1.29, 1.82) is 0 Å². The molecule has 0 spiro atoms. The minimum atomic E-state index is -0.378. The van der Waals surface area contributed by atoms with Crippen LogP contribution in [0.2, 0.25) is 5.02 Å². The average Bonchev–Trinajstić information content (AvgIpc) is 2.20. The van der Waals surface area contributed by atoms with Crippen LogP contribution in [-0.2, 0) is 4.74 Å². The lowest BCUT2D eigenvalue weighted by Crippen LogP contribution is -2.38. The Labute approximate surface area is 86.4 Å². The van der Waals surface area contributed by atoms with E-state index in [1.807, 2.05) is 0 Å². The fourth-order valence-electron chi connectivity index (χ4n) is 1.32. The molecule has 0 N–H and O–H groups in total. The third-order valence-electron chi connectivity index (χ3n) is 1.97. The molecule has 1 aromatic rings. The van der Waals surface area contributed by atoms with Gasteiger partial charge < -0.3 is 4.74 Å². The summed E-state index contributed by atoms with van der Waals surface area (Å²) < 4.78 is 4.89. The van der Waals surface area contributed by atoms with Crippen molar-refractivity contribution >= 4 is 23.5 Å². The van der Waals surface area contributed by atoms with Gasteiger partial charge in [-0.1, -0.05) is 11.6 Å². The van der Waals surface area contributed by atoms with Crippen LogP contribution in [0.1, 0.15) is 6.42 Å². The quantitative estimate of drug-likeness (QED) is 0.716. The van der Waals surface area contributed by atoms with Gasteiger partial charge in [-0.05, 0) is 18.6 Å². The first kappa shape index (κ1) is 9.27. The molecule has 0 aromatic carbocycles. The van der Waals surface area contributed by atoms with Gasteiger partial charge in [0.05, 0.1) is 11.6 Å². The summed E-state index contributed by atoms with van der Waals surface area (Å²) in [6, 6.07) is 3.42. The van der Waals surface area contributed by atoms with E-state index in [1.165, 1.54) is 4.90 Å². The van der Waals surface area contributed by atoms with Gasteiger partial charge in [0.15, 0.2) is 5.82 Å². The van der Waals surface area contributed by atoms with Crippen molar-refractivity contribution < 1.29 is 9.53 Å². The molecule has 2 rings (SSSR count). The van der Waals surface area contributed by atoms with E-state index in [4.69, 9.17) is 16.3 Å². The molecule has 74 valence electrons. The Kier molecular flexibility index (Phi) is 2.54. The molecule has 1 aromatic heterocycles. The molecule has 0 bridgehead atoms. The molecule has 5 heteroatoms. The maximum Gasteiger partial charge on any atom is 0.415 e. The number of hydrogen-bond acceptors (Lipinski definition) is 3. The van der Waals surface area contributed by atoms with Crippen LogP contribution in [0.25, 0.3) is 0 Å². The Bertz CT molecular complexity index is 356. The summed E-state index contributed by atoms with van der Waals surface area (Å²) in [4.78, 5) is 16.8. The highest BCUT2D eigenvalue weighted by molar-refractivity contribution is 6.33. The Hall–Kier alpha value is -1.29. The summed E-state index contributed by atoms with van der Waals surface area (Å²) in [5, 5.41) is 0.464. The van der Waals surface area contributed by atoms with Gasteiger partial charge in [0, 0.05) is 12.7 Å². The van der Waals surface area contributed by atoms with Gasteiger partial charge in [0.2, 0.25) is 0 Å². The fourth-order valence-corrected chi connectivity index (χ4v) is 1.54. The number of ether oxygens (including phenoxy) is 1. The monoisotopic (exact) mass is 212 g/mol. The first-order chi connectivity index (χ1) is 6.79. The van der Waals surface area contributed by atoms with E-state index in [-0.39, 0.29) is 6.09 Å². The second-order valence-corrected chi connectivity index (χ2v) is 3.34. The predicted molar refractivity (Wildman–Crippen MR) is 52.6 cm³/mol. The predicted octanol–water partition coefficient (Wildman–Crippen LogP) is 2.08. The molecule has 1 saturated heterocycles. The van der Waals surface area contributed by atoms with Gasteiger partial charge in [0.1, 0.15) is 0 Å². The average molecular weight is 213 g/mol. The fraction of sp³-hybridized carbons (Fsp3) is 0.333. The summed E-state index contributed by atoms with van der Waals surface area (Å²) in [7, 11) is 0. The van der Waals surface area contributed by atoms with Crippen molar-refractivity contribution in [2.24, 2.45) is 0 Å². The second-order valence-electron chi connectivity index (χ2n) is 2.93. The Morgan fingerprint density at radius 1 is 1.57 bits per heavy atom. The van der Waals surface area contributed by atoms with E-state index in [9.17, 15) is 4.79 Å². The van der Waals surface area contributed by atoms with Crippen LogP contribution in [0, 0.1) is 0 Å². The second kappa shape index (κ2) is 3.84. The van der Waals surface area contributed by atoms with Crippen LogP contribution in [0.3, 0.4) is 0 Å². The molecule has 0 saturated carbocycles. The van der Waals surface area contributed by atoms with Gasteiger partial charge in [-0.2, -0.15) is 0 Å². The van der Waals surface area contributed by atoms with Gasteiger partial charge in [0.25, 0.3) is 0 Å². The van der Waals surface area contributed by atoms with Crippen LogP contribution in [0.5, 0.6) is 0 Å². The van der Waals surface area contributed by atoms with Crippen LogP contribution in [0.4, 0.5) is 10.6 Å². The van der Waals surface area contributed by atoms with E-state index in [0.29, 0.717) is 24.0 Å². The first-order valence-electron chi connectivity index (χ1n) is 4.34. The number of rotatable bonds is 1. The maximum atomic E-state index is 11.4. The van der Waals surface area contributed by atoms with E-state index >= 15 is 0 Å². The minimum Gasteiger partial charge on any atom is -0.449 e. The Morgan fingerprint density at radius 3 is 3.14 bits per heavy atom. The maximum absolute atomic E-state index is 11.4. The molecule has 14 heavy (non-hydrogen) atoms. The largest absolute Gasteiger partial charge is 0.449 e. The third-order valence-corrected chi connectivity index (χ3v) is 2.26. The SMILES string of the molecule is O=C1OCCCN1c1ncccc1Cl. The van der Waals surface area contributed by atoms with E-state index in [0.717, 1.165) is 6.42 Å². The van der Waals surface area contributed by atoms with Crippen molar-refractivity contribution in [3.8, 4) is 0 Å². The molecule has 0 radical (unpaired) electrons. The first-order valence-corrected chi connectivity index (χ1v) is 4.71. The van der Waals surface area contributed by atoms with Crippen LogP contribution in [0.15, 0.2) is 18.3 Å². The lowest BCUT2D eigenvalue weighted by molar-refractivity contribution is 0.140. The molecule has 1 amide bonds. The summed E-state index contributed by atoms with van der Waals surface area (Å²) in [6.45, 7) is 1.08. The number of hydrogen-bond donors (Lipinski definition) is 0. The normalized spacial score (nSPS) is 16.6. The summed E-state index contributed by atoms with van der Waals surface area (Å²) >= 11 is 5.91. The standard InChI is InChI=1S/C9H9ClN2O2/c10-7-3-1-4-11-8(7)12-5-2-6-14-9(12)13/h1,3-4H,2,5-6H2. The van der Waals surface area contributed by atoms with E-state index in [2.05, 4.69) is 4.98 Å². The lowest BCUT2D eigenvalue weighted by atomic mass is 10.3. The molecule has 1 fully saturated rings. The summed E-state index contributed by atoms with van der Waals surface area (Å²) in [5.74, 6) is 0.471. The number of nitrogens with zero attached hydrogens (tertiary/aromatic N) is 2. The smallest absolute Gasteiger partial charge is 0.415 e. The van der Waals surface area contributed by atoms with Crippen molar-refractivity contribution in [1.82, 2.24) is 4.98 Å². The Morgan fingerprint density at radius 2 is 2.43 bits per heavy atom. The lowest BCUT2D eigenvalue weighted by Gasteiger charge is -2.25. The van der Waals surface area contributed by atoms with Crippen LogP contribution < -0.4 is 4.90 Å². The highest BCUT2D eigenvalue weighted by atomic mass is 35.5. The number of carbonyl (C=O) groups excluding carboxylic acids is 1. The molecule has 2 heterocycles. The van der Waals surface area contributed by atoms with Gasteiger partial charge in [-0.25, -0.2) is 9.78 Å². The molecule has 4 nitrogen and oxygen atoms in total.